The molecular formula is C15H24N2. The zero-order valence-electron chi connectivity index (χ0n) is 11.2. The van der Waals surface area contributed by atoms with E-state index in [4.69, 9.17) is 0 Å². The van der Waals surface area contributed by atoms with Crippen molar-refractivity contribution in [3.63, 3.8) is 0 Å². The Bertz CT molecular complexity index is 371. The van der Waals surface area contributed by atoms with Crippen LogP contribution in [-0.2, 0) is 6.54 Å². The van der Waals surface area contributed by atoms with Crippen molar-refractivity contribution in [2.75, 3.05) is 19.6 Å². The van der Waals surface area contributed by atoms with Crippen molar-refractivity contribution in [1.29, 1.82) is 0 Å². The maximum absolute atomic E-state index is 3.57. The van der Waals surface area contributed by atoms with Crippen LogP contribution in [0.25, 0.3) is 0 Å². The van der Waals surface area contributed by atoms with Gasteiger partial charge in [0.2, 0.25) is 0 Å². The van der Waals surface area contributed by atoms with Crippen molar-refractivity contribution in [2.24, 2.45) is 5.92 Å². The summed E-state index contributed by atoms with van der Waals surface area (Å²) in [6.45, 7) is 11.0. The molecule has 0 radical (unpaired) electrons. The fraction of sp³-hybridized carbons (Fsp3) is 0.600. The second-order valence-corrected chi connectivity index (χ2v) is 5.58. The molecular weight excluding hydrogens is 208 g/mol. The normalized spacial score (nSPS) is 19.4. The minimum Gasteiger partial charge on any atom is -0.316 e. The first-order chi connectivity index (χ1) is 8.16. The Morgan fingerprint density at radius 2 is 2.24 bits per heavy atom. The van der Waals surface area contributed by atoms with Crippen LogP contribution < -0.4 is 10.6 Å². The van der Waals surface area contributed by atoms with Crippen molar-refractivity contribution < 1.29 is 0 Å². The van der Waals surface area contributed by atoms with Gasteiger partial charge in [0.1, 0.15) is 0 Å². The summed E-state index contributed by atoms with van der Waals surface area (Å²) < 4.78 is 0. The molecule has 17 heavy (non-hydrogen) atoms. The molecule has 0 fully saturated rings. The van der Waals surface area contributed by atoms with Gasteiger partial charge in [-0.05, 0) is 30.5 Å². The predicted octanol–water partition coefficient (Wildman–Crippen LogP) is 2.43. The van der Waals surface area contributed by atoms with E-state index in [1.807, 2.05) is 0 Å². The van der Waals surface area contributed by atoms with E-state index < -0.39 is 0 Å². The Morgan fingerprint density at radius 3 is 3.00 bits per heavy atom. The lowest BCUT2D eigenvalue weighted by Gasteiger charge is -2.27. The Morgan fingerprint density at radius 1 is 1.41 bits per heavy atom. The Hall–Kier alpha value is -0.860. The average Bonchev–Trinajstić information content (AvgIpc) is 2.28. The van der Waals surface area contributed by atoms with Gasteiger partial charge < -0.3 is 10.6 Å². The van der Waals surface area contributed by atoms with Crippen molar-refractivity contribution in [3.05, 3.63) is 34.9 Å². The molecule has 1 aliphatic heterocycles. The topological polar surface area (TPSA) is 24.1 Å². The van der Waals surface area contributed by atoms with Gasteiger partial charge in [0.05, 0.1) is 0 Å². The number of benzene rings is 1. The molecule has 2 heteroatoms. The fourth-order valence-electron chi connectivity index (χ4n) is 2.51. The van der Waals surface area contributed by atoms with Crippen molar-refractivity contribution >= 4 is 0 Å². The van der Waals surface area contributed by atoms with E-state index in [2.05, 4.69) is 49.6 Å². The van der Waals surface area contributed by atoms with Crippen LogP contribution >= 0.6 is 0 Å². The van der Waals surface area contributed by atoms with E-state index in [9.17, 15) is 0 Å². The predicted molar refractivity (Wildman–Crippen MR) is 73.3 cm³/mol. The number of aryl methyl sites for hydroxylation is 1. The molecule has 2 rings (SSSR count). The number of rotatable bonds is 4. The maximum atomic E-state index is 3.57. The molecule has 2 nitrogen and oxygen atoms in total. The molecule has 0 spiro atoms. The molecule has 0 aliphatic carbocycles. The minimum absolute atomic E-state index is 0.623. The molecule has 2 N–H and O–H groups in total. The highest BCUT2D eigenvalue weighted by Gasteiger charge is 2.19. The molecule has 1 unspecified atom stereocenters. The molecule has 0 bridgehead atoms. The van der Waals surface area contributed by atoms with Crippen LogP contribution in [0.2, 0.25) is 0 Å². The lowest BCUT2D eigenvalue weighted by molar-refractivity contribution is 0.476. The summed E-state index contributed by atoms with van der Waals surface area (Å²) in [4.78, 5) is 0. The van der Waals surface area contributed by atoms with Crippen molar-refractivity contribution in [1.82, 2.24) is 10.6 Å². The van der Waals surface area contributed by atoms with E-state index in [1.165, 1.54) is 16.7 Å². The number of fused-ring (bicyclic) bond motifs is 1. The molecule has 1 heterocycles. The van der Waals surface area contributed by atoms with Gasteiger partial charge in [-0.2, -0.15) is 0 Å². The van der Waals surface area contributed by atoms with Crippen LogP contribution in [0.3, 0.4) is 0 Å². The summed E-state index contributed by atoms with van der Waals surface area (Å²) in [5.74, 6) is 1.35. The highest BCUT2D eigenvalue weighted by Crippen LogP contribution is 2.24. The largest absolute Gasteiger partial charge is 0.316 e. The van der Waals surface area contributed by atoms with Crippen LogP contribution in [0.1, 0.15) is 36.5 Å². The molecule has 1 atom stereocenters. The van der Waals surface area contributed by atoms with Crippen molar-refractivity contribution in [3.8, 4) is 0 Å². The van der Waals surface area contributed by atoms with Gasteiger partial charge in [0.15, 0.2) is 0 Å². The molecule has 0 saturated carbocycles. The smallest absolute Gasteiger partial charge is 0.0208 e. The van der Waals surface area contributed by atoms with Gasteiger partial charge in [-0.1, -0.05) is 37.6 Å². The molecule has 1 aromatic rings. The van der Waals surface area contributed by atoms with E-state index in [0.29, 0.717) is 5.92 Å². The van der Waals surface area contributed by atoms with E-state index in [-0.39, 0.29) is 0 Å². The first kappa shape index (κ1) is 12.6. The summed E-state index contributed by atoms with van der Waals surface area (Å²) in [5.41, 5.74) is 4.37. The van der Waals surface area contributed by atoms with Gasteiger partial charge in [0, 0.05) is 25.6 Å². The second kappa shape index (κ2) is 5.65. The fourth-order valence-corrected chi connectivity index (χ4v) is 2.51. The SMILES string of the molecule is Cc1ccc2c(c1)CNCC2CNCC(C)C. The van der Waals surface area contributed by atoms with Crippen LogP contribution in [-0.4, -0.2) is 19.6 Å². The summed E-state index contributed by atoms with van der Waals surface area (Å²) >= 11 is 0. The first-order valence-corrected chi connectivity index (χ1v) is 6.67. The van der Waals surface area contributed by atoms with Gasteiger partial charge in [-0.25, -0.2) is 0 Å². The van der Waals surface area contributed by atoms with Gasteiger partial charge >= 0.3 is 0 Å². The molecule has 0 saturated heterocycles. The zero-order valence-corrected chi connectivity index (χ0v) is 11.2. The summed E-state index contributed by atoms with van der Waals surface area (Å²) in [6, 6.07) is 6.86. The highest BCUT2D eigenvalue weighted by atomic mass is 14.9. The van der Waals surface area contributed by atoms with Gasteiger partial charge in [-0.3, -0.25) is 0 Å². The number of hydrogen-bond acceptors (Lipinski definition) is 2. The highest BCUT2D eigenvalue weighted by molar-refractivity contribution is 5.36. The molecule has 1 aliphatic rings. The maximum Gasteiger partial charge on any atom is 0.0208 e. The van der Waals surface area contributed by atoms with Crippen LogP contribution in [0.5, 0.6) is 0 Å². The van der Waals surface area contributed by atoms with E-state index >= 15 is 0 Å². The second-order valence-electron chi connectivity index (χ2n) is 5.58. The van der Waals surface area contributed by atoms with Crippen LogP contribution in [0, 0.1) is 12.8 Å². The van der Waals surface area contributed by atoms with Gasteiger partial charge in [0.25, 0.3) is 0 Å². The van der Waals surface area contributed by atoms with Crippen LogP contribution in [0.15, 0.2) is 18.2 Å². The third kappa shape index (κ3) is 3.30. The van der Waals surface area contributed by atoms with Crippen LogP contribution in [0.4, 0.5) is 0 Å². The van der Waals surface area contributed by atoms with Gasteiger partial charge in [-0.15, -0.1) is 0 Å². The molecule has 0 aromatic heterocycles. The third-order valence-corrected chi connectivity index (χ3v) is 3.39. The minimum atomic E-state index is 0.623. The van der Waals surface area contributed by atoms with E-state index in [0.717, 1.165) is 32.1 Å². The number of nitrogens with one attached hydrogen (secondary N) is 2. The average molecular weight is 232 g/mol. The Kier molecular flexibility index (Phi) is 4.19. The molecule has 1 aromatic carbocycles. The summed E-state index contributed by atoms with van der Waals surface area (Å²) in [5, 5.41) is 7.09. The quantitative estimate of drug-likeness (QED) is 0.833. The van der Waals surface area contributed by atoms with Crippen molar-refractivity contribution in [2.45, 2.75) is 33.2 Å². The Balaban J connectivity index is 2.02. The third-order valence-electron chi connectivity index (χ3n) is 3.39. The standard InChI is InChI=1S/C15H24N2/c1-11(2)7-16-9-14-10-17-8-13-6-12(3)4-5-15(13)14/h4-6,11,14,16-17H,7-10H2,1-3H3. The zero-order chi connectivity index (χ0) is 12.3. The summed E-state index contributed by atoms with van der Waals surface area (Å²) in [6.07, 6.45) is 0. The van der Waals surface area contributed by atoms with E-state index in [1.54, 1.807) is 0 Å². The first-order valence-electron chi connectivity index (χ1n) is 6.67. The number of hydrogen-bond donors (Lipinski definition) is 2. The summed E-state index contributed by atoms with van der Waals surface area (Å²) in [7, 11) is 0. The lowest BCUT2D eigenvalue weighted by Crippen LogP contribution is -2.35. The Labute approximate surface area is 105 Å². The monoisotopic (exact) mass is 232 g/mol. The lowest BCUT2D eigenvalue weighted by atomic mass is 9.89. The molecule has 94 valence electrons. The molecule has 0 amide bonds.